The summed E-state index contributed by atoms with van der Waals surface area (Å²) in [7, 11) is 0. The molecule has 0 aliphatic heterocycles. The van der Waals surface area contributed by atoms with E-state index in [9.17, 15) is 29.4 Å². The minimum Gasteiger partial charge on any atom is -0.550 e. The topological polar surface area (TPSA) is 114 Å². The van der Waals surface area contributed by atoms with Gasteiger partial charge in [-0.05, 0) is 51.4 Å². The van der Waals surface area contributed by atoms with Gasteiger partial charge >= 0.3 is 16.5 Å². The Morgan fingerprint density at radius 3 is 1.07 bits per heavy atom. The van der Waals surface area contributed by atoms with Crippen LogP contribution in [0.25, 0.3) is 0 Å². The average molecular weight is 429 g/mol. The molecule has 0 bridgehead atoms. The molecule has 0 saturated carbocycles. The molecule has 0 unspecified atom stereocenters. The summed E-state index contributed by atoms with van der Waals surface area (Å²) < 4.78 is 0. The van der Waals surface area contributed by atoms with Crippen molar-refractivity contribution < 1.29 is 45.9 Å². The van der Waals surface area contributed by atoms with Crippen LogP contribution in [0.3, 0.4) is 0 Å². The van der Waals surface area contributed by atoms with Crippen LogP contribution in [-0.2, 0) is 35.7 Å². The normalized spacial score (nSPS) is 9.56. The molecule has 0 saturated heterocycles. The second-order valence-electron chi connectivity index (χ2n) is 6.44. The molecule has 0 aromatic heterocycles. The number of carboxylic acids is 2. The number of Topliss-reactive ketones (excluding diaryl/α,β-unsaturated/α-hetero) is 2. The largest absolute Gasteiger partial charge is 2.00 e. The molecule has 0 N–H and O–H groups in total. The molecule has 7 heteroatoms. The zero-order chi connectivity index (χ0) is 20.2. The molecule has 0 rings (SSSR count). The van der Waals surface area contributed by atoms with Gasteiger partial charge in [0.1, 0.15) is 11.6 Å². The average Bonchev–Trinajstić information content (AvgIpc) is 2.55. The fraction of sp³-hybridized carbons (Fsp3) is 0.800. The van der Waals surface area contributed by atoms with Gasteiger partial charge in [0.05, 0.1) is 0 Å². The van der Waals surface area contributed by atoms with Crippen molar-refractivity contribution in [2.45, 2.75) is 104 Å². The molecule has 0 fully saturated rings. The molecule has 0 spiro atoms. The predicted molar refractivity (Wildman–Crippen MR) is 96.0 cm³/mol. The molecule has 0 aromatic rings. The number of aliphatic carboxylic acids is 2. The standard InChI is InChI=1S/2C10H18O3.Ni/c2*1-2-6-9(11)7-4-3-5-8-10(12)13;/h2*2-8H2,1H3,(H,12,13);/q;;+2/p-2. The summed E-state index contributed by atoms with van der Waals surface area (Å²) in [4.78, 5) is 42.1. The van der Waals surface area contributed by atoms with E-state index < -0.39 is 11.9 Å². The van der Waals surface area contributed by atoms with Gasteiger partial charge in [-0.25, -0.2) is 0 Å². The molecule has 0 heterocycles. The summed E-state index contributed by atoms with van der Waals surface area (Å²) in [5.41, 5.74) is 0. The van der Waals surface area contributed by atoms with E-state index in [0.717, 1.165) is 38.5 Å². The minimum absolute atomic E-state index is 0. The Balaban J connectivity index is -0.000000411. The Bertz CT molecular complexity index is 371. The number of carbonyl (C=O) groups is 4. The first-order valence-electron chi connectivity index (χ1n) is 9.76. The maximum Gasteiger partial charge on any atom is 2.00 e. The van der Waals surface area contributed by atoms with Crippen LogP contribution in [0.4, 0.5) is 0 Å². The Morgan fingerprint density at radius 1 is 0.519 bits per heavy atom. The van der Waals surface area contributed by atoms with Crippen LogP contribution < -0.4 is 10.2 Å². The third kappa shape index (κ3) is 29.8. The fourth-order valence-corrected chi connectivity index (χ4v) is 2.34. The van der Waals surface area contributed by atoms with Crippen molar-refractivity contribution in [2.75, 3.05) is 0 Å². The second-order valence-corrected chi connectivity index (χ2v) is 6.44. The van der Waals surface area contributed by atoms with Gasteiger partial charge in [-0.2, -0.15) is 0 Å². The quantitative estimate of drug-likeness (QED) is 0.274. The zero-order valence-electron chi connectivity index (χ0n) is 16.7. The van der Waals surface area contributed by atoms with Crippen LogP contribution in [0.2, 0.25) is 0 Å². The summed E-state index contributed by atoms with van der Waals surface area (Å²) in [6, 6.07) is 0. The summed E-state index contributed by atoms with van der Waals surface area (Å²) in [5, 5.41) is 20.0. The van der Waals surface area contributed by atoms with Gasteiger partial charge < -0.3 is 19.8 Å². The summed E-state index contributed by atoms with van der Waals surface area (Å²) in [6.45, 7) is 3.96. The number of carbonyl (C=O) groups excluding carboxylic acids is 4. The molecular weight excluding hydrogens is 395 g/mol. The summed E-state index contributed by atoms with van der Waals surface area (Å²) >= 11 is 0. The molecule has 160 valence electrons. The van der Waals surface area contributed by atoms with Gasteiger partial charge in [0, 0.05) is 37.6 Å². The van der Waals surface area contributed by atoms with Gasteiger partial charge in [-0.15, -0.1) is 0 Å². The second kappa shape index (κ2) is 22.8. The van der Waals surface area contributed by atoms with E-state index in [1.807, 2.05) is 13.8 Å². The number of ketones is 2. The number of hydrogen-bond donors (Lipinski definition) is 0. The van der Waals surface area contributed by atoms with Gasteiger partial charge in [0.2, 0.25) is 0 Å². The van der Waals surface area contributed by atoms with E-state index in [1.54, 1.807) is 0 Å². The number of unbranched alkanes of at least 4 members (excludes halogenated alkanes) is 4. The molecule has 0 aromatic carbocycles. The van der Waals surface area contributed by atoms with Gasteiger partial charge in [0.15, 0.2) is 0 Å². The molecule has 0 aliphatic carbocycles. The van der Waals surface area contributed by atoms with Gasteiger partial charge in [0.25, 0.3) is 0 Å². The molecule has 0 atom stereocenters. The van der Waals surface area contributed by atoms with E-state index in [2.05, 4.69) is 0 Å². The third-order valence-electron chi connectivity index (χ3n) is 3.73. The molecule has 0 radical (unpaired) electrons. The number of carboxylic acid groups (broad SMARTS) is 2. The van der Waals surface area contributed by atoms with Crippen molar-refractivity contribution in [3.8, 4) is 0 Å². The van der Waals surface area contributed by atoms with Crippen molar-refractivity contribution in [1.29, 1.82) is 0 Å². The van der Waals surface area contributed by atoms with Gasteiger partial charge in [-0.1, -0.05) is 26.7 Å². The monoisotopic (exact) mass is 428 g/mol. The number of rotatable bonds is 16. The first kappa shape index (κ1) is 30.5. The van der Waals surface area contributed by atoms with Crippen LogP contribution >= 0.6 is 0 Å². The van der Waals surface area contributed by atoms with Crippen LogP contribution in [0.15, 0.2) is 0 Å². The Hall–Kier alpha value is -1.23. The summed E-state index contributed by atoms with van der Waals surface area (Å²) in [5.74, 6) is -1.42. The molecule has 27 heavy (non-hydrogen) atoms. The van der Waals surface area contributed by atoms with Crippen molar-refractivity contribution in [3.05, 3.63) is 0 Å². The molecular formula is C20H34NiO6. The van der Waals surface area contributed by atoms with E-state index >= 15 is 0 Å². The van der Waals surface area contributed by atoms with Crippen LogP contribution in [-0.4, -0.2) is 23.5 Å². The molecule has 0 aliphatic rings. The third-order valence-corrected chi connectivity index (χ3v) is 3.73. The van der Waals surface area contributed by atoms with Crippen LogP contribution in [0.5, 0.6) is 0 Å². The maximum atomic E-state index is 11.0. The van der Waals surface area contributed by atoms with Crippen molar-refractivity contribution in [3.63, 3.8) is 0 Å². The minimum atomic E-state index is -1.00. The van der Waals surface area contributed by atoms with Crippen LogP contribution in [0, 0.1) is 0 Å². The van der Waals surface area contributed by atoms with Crippen LogP contribution in [0.1, 0.15) is 104 Å². The van der Waals surface area contributed by atoms with Gasteiger partial charge in [-0.3, -0.25) is 9.59 Å². The predicted octanol–water partition coefficient (Wildman–Crippen LogP) is 2.11. The fourth-order valence-electron chi connectivity index (χ4n) is 2.34. The first-order chi connectivity index (χ1) is 12.3. The number of hydrogen-bond acceptors (Lipinski definition) is 6. The van der Waals surface area contributed by atoms with Crippen molar-refractivity contribution in [2.24, 2.45) is 0 Å². The Labute approximate surface area is 173 Å². The SMILES string of the molecule is CCCC(=O)CCCCCC(=O)[O-].CCCC(=O)CCCCCC(=O)[O-].[Ni+2]. The molecule has 0 amide bonds. The zero-order valence-corrected chi connectivity index (χ0v) is 17.7. The van der Waals surface area contributed by atoms with Crippen molar-refractivity contribution in [1.82, 2.24) is 0 Å². The maximum absolute atomic E-state index is 11.0. The van der Waals surface area contributed by atoms with E-state index in [0.29, 0.717) is 38.5 Å². The molecule has 6 nitrogen and oxygen atoms in total. The smallest absolute Gasteiger partial charge is 0.550 e. The van der Waals surface area contributed by atoms with E-state index in [-0.39, 0.29) is 40.9 Å². The van der Waals surface area contributed by atoms with E-state index in [4.69, 9.17) is 0 Å². The summed E-state index contributed by atoms with van der Waals surface area (Å²) in [6.07, 6.45) is 9.02. The Morgan fingerprint density at radius 2 is 0.815 bits per heavy atom. The Kier molecular flexibility index (Phi) is 25.8. The first-order valence-corrected chi connectivity index (χ1v) is 9.76. The van der Waals surface area contributed by atoms with E-state index in [1.165, 1.54) is 0 Å². The van der Waals surface area contributed by atoms with Crippen molar-refractivity contribution >= 4 is 23.5 Å².